The van der Waals surface area contributed by atoms with E-state index in [9.17, 15) is 4.79 Å². The molecule has 1 saturated heterocycles. The van der Waals surface area contributed by atoms with Crippen LogP contribution in [0.5, 0.6) is 0 Å². The van der Waals surface area contributed by atoms with Crippen molar-refractivity contribution in [3.8, 4) is 0 Å². The highest BCUT2D eigenvalue weighted by atomic mass is 32.1. The lowest BCUT2D eigenvalue weighted by atomic mass is 10.00. The van der Waals surface area contributed by atoms with Gasteiger partial charge >= 0.3 is 0 Å². The third kappa shape index (κ3) is 2.91. The number of piperidine rings is 1. The number of amides is 1. The van der Waals surface area contributed by atoms with Gasteiger partial charge in [0.2, 0.25) is 0 Å². The first kappa shape index (κ1) is 13.5. The SMILES string of the molecule is CC1CCCC(C)N1NC(=O)C(N)c1cccs1. The molecule has 1 aliphatic heterocycles. The van der Waals surface area contributed by atoms with Crippen molar-refractivity contribution in [3.63, 3.8) is 0 Å². The molecule has 0 radical (unpaired) electrons. The van der Waals surface area contributed by atoms with Crippen molar-refractivity contribution >= 4 is 17.2 Å². The molecular weight excluding hydrogens is 246 g/mol. The van der Waals surface area contributed by atoms with E-state index < -0.39 is 6.04 Å². The van der Waals surface area contributed by atoms with Gasteiger partial charge in [-0.1, -0.05) is 12.5 Å². The number of nitrogens with one attached hydrogen (secondary N) is 1. The summed E-state index contributed by atoms with van der Waals surface area (Å²) in [6, 6.07) is 4.02. The van der Waals surface area contributed by atoms with Gasteiger partial charge in [0, 0.05) is 17.0 Å². The number of hydrazine groups is 1. The molecule has 1 aromatic rings. The summed E-state index contributed by atoms with van der Waals surface area (Å²) in [5, 5.41) is 3.99. The number of thiophene rings is 1. The second-order valence-corrected chi connectivity index (χ2v) is 5.98. The molecule has 3 unspecified atom stereocenters. The Kier molecular flexibility index (Phi) is 4.37. The van der Waals surface area contributed by atoms with E-state index in [1.807, 2.05) is 17.5 Å². The largest absolute Gasteiger partial charge is 0.315 e. The van der Waals surface area contributed by atoms with E-state index in [1.54, 1.807) is 0 Å². The third-order valence-corrected chi connectivity index (χ3v) is 4.52. The molecule has 1 amide bonds. The van der Waals surface area contributed by atoms with Crippen LogP contribution in [-0.4, -0.2) is 23.0 Å². The number of rotatable bonds is 3. The second-order valence-electron chi connectivity index (χ2n) is 5.01. The van der Waals surface area contributed by atoms with Crippen LogP contribution < -0.4 is 11.2 Å². The third-order valence-electron chi connectivity index (χ3n) is 3.57. The molecule has 1 aliphatic rings. The molecule has 1 aromatic heterocycles. The van der Waals surface area contributed by atoms with Crippen molar-refractivity contribution in [2.45, 2.75) is 51.2 Å². The fourth-order valence-corrected chi connectivity index (χ4v) is 3.16. The highest BCUT2D eigenvalue weighted by Gasteiger charge is 2.28. The summed E-state index contributed by atoms with van der Waals surface area (Å²) >= 11 is 1.52. The van der Waals surface area contributed by atoms with E-state index in [4.69, 9.17) is 5.73 Å². The van der Waals surface area contributed by atoms with Crippen molar-refractivity contribution in [2.75, 3.05) is 0 Å². The van der Waals surface area contributed by atoms with E-state index in [2.05, 4.69) is 24.3 Å². The van der Waals surface area contributed by atoms with Crippen molar-refractivity contribution in [1.29, 1.82) is 0 Å². The minimum Gasteiger partial charge on any atom is -0.315 e. The van der Waals surface area contributed by atoms with Crippen LogP contribution in [0, 0.1) is 0 Å². The highest BCUT2D eigenvalue weighted by Crippen LogP contribution is 2.22. The van der Waals surface area contributed by atoms with Gasteiger partial charge in [-0.25, -0.2) is 5.01 Å². The molecule has 0 bridgehead atoms. The zero-order valence-electron chi connectivity index (χ0n) is 10.9. The summed E-state index contributed by atoms with van der Waals surface area (Å²) in [7, 11) is 0. The Morgan fingerprint density at radius 3 is 2.72 bits per heavy atom. The van der Waals surface area contributed by atoms with Crippen molar-refractivity contribution in [2.24, 2.45) is 5.73 Å². The molecule has 4 nitrogen and oxygen atoms in total. The zero-order valence-corrected chi connectivity index (χ0v) is 11.7. The Morgan fingerprint density at radius 2 is 2.17 bits per heavy atom. The molecule has 18 heavy (non-hydrogen) atoms. The molecule has 5 heteroatoms. The van der Waals surface area contributed by atoms with E-state index in [0.29, 0.717) is 12.1 Å². The minimum absolute atomic E-state index is 0.113. The van der Waals surface area contributed by atoms with Crippen molar-refractivity contribution in [3.05, 3.63) is 22.4 Å². The summed E-state index contributed by atoms with van der Waals surface area (Å²) in [6.07, 6.45) is 3.48. The Balaban J connectivity index is 1.98. The molecule has 0 saturated carbocycles. The number of carbonyl (C=O) groups excluding carboxylic acids is 1. The Morgan fingerprint density at radius 1 is 1.50 bits per heavy atom. The van der Waals surface area contributed by atoms with Crippen LogP contribution in [0.25, 0.3) is 0 Å². The van der Waals surface area contributed by atoms with Crippen LogP contribution in [-0.2, 0) is 4.79 Å². The summed E-state index contributed by atoms with van der Waals surface area (Å²) in [6.45, 7) is 4.29. The second kappa shape index (κ2) is 5.82. The fourth-order valence-electron chi connectivity index (χ4n) is 2.44. The fraction of sp³-hybridized carbons (Fsp3) is 0.615. The van der Waals surface area contributed by atoms with Crippen LogP contribution in [0.2, 0.25) is 0 Å². The quantitative estimate of drug-likeness (QED) is 0.881. The van der Waals surface area contributed by atoms with Crippen molar-refractivity contribution in [1.82, 2.24) is 10.4 Å². The molecule has 0 aliphatic carbocycles. The lowest BCUT2D eigenvalue weighted by Crippen LogP contribution is -2.55. The van der Waals surface area contributed by atoms with Gasteiger partial charge in [-0.3, -0.25) is 10.2 Å². The summed E-state index contributed by atoms with van der Waals surface area (Å²) in [5.74, 6) is -0.113. The molecular formula is C13H21N3OS. The van der Waals surface area contributed by atoms with Crippen LogP contribution in [0.4, 0.5) is 0 Å². The number of nitrogens with two attached hydrogens (primary N) is 1. The predicted molar refractivity (Wildman–Crippen MR) is 74.0 cm³/mol. The first-order chi connectivity index (χ1) is 8.59. The Hall–Kier alpha value is -0.910. The van der Waals surface area contributed by atoms with Gasteiger partial charge in [-0.2, -0.15) is 0 Å². The molecule has 100 valence electrons. The maximum absolute atomic E-state index is 12.1. The Labute approximate surface area is 112 Å². The molecule has 3 N–H and O–H groups in total. The van der Waals surface area contributed by atoms with Gasteiger partial charge in [0.1, 0.15) is 6.04 Å². The van der Waals surface area contributed by atoms with Gasteiger partial charge in [-0.15, -0.1) is 11.3 Å². The van der Waals surface area contributed by atoms with E-state index in [-0.39, 0.29) is 5.91 Å². The van der Waals surface area contributed by atoms with E-state index in [1.165, 1.54) is 17.8 Å². The summed E-state index contributed by atoms with van der Waals surface area (Å²) < 4.78 is 0. The molecule has 0 spiro atoms. The molecule has 3 atom stereocenters. The van der Waals surface area contributed by atoms with Gasteiger partial charge in [0.25, 0.3) is 5.91 Å². The number of hydrogen-bond acceptors (Lipinski definition) is 4. The van der Waals surface area contributed by atoms with E-state index in [0.717, 1.165) is 17.7 Å². The maximum atomic E-state index is 12.1. The molecule has 1 fully saturated rings. The van der Waals surface area contributed by atoms with Crippen molar-refractivity contribution < 1.29 is 4.79 Å². The molecule has 0 aromatic carbocycles. The van der Waals surface area contributed by atoms with Crippen LogP contribution >= 0.6 is 11.3 Å². The number of hydrogen-bond donors (Lipinski definition) is 2. The van der Waals surface area contributed by atoms with Gasteiger partial charge in [0.05, 0.1) is 0 Å². The summed E-state index contributed by atoms with van der Waals surface area (Å²) in [5.41, 5.74) is 8.95. The molecule has 2 rings (SSSR count). The van der Waals surface area contributed by atoms with Crippen LogP contribution in [0.1, 0.15) is 44.0 Å². The highest BCUT2D eigenvalue weighted by molar-refractivity contribution is 7.10. The summed E-state index contributed by atoms with van der Waals surface area (Å²) in [4.78, 5) is 13.0. The maximum Gasteiger partial charge on any atom is 0.256 e. The molecule has 2 heterocycles. The standard InChI is InChI=1S/C13H21N3OS/c1-9-5-3-6-10(2)16(9)15-13(17)12(14)11-7-4-8-18-11/h4,7-10,12H,3,5-6,14H2,1-2H3,(H,15,17). The van der Waals surface area contributed by atoms with Crippen LogP contribution in [0.3, 0.4) is 0 Å². The first-order valence-corrected chi connectivity index (χ1v) is 7.35. The predicted octanol–water partition coefficient (Wildman–Crippen LogP) is 2.04. The smallest absolute Gasteiger partial charge is 0.256 e. The average Bonchev–Trinajstić information content (AvgIpc) is 2.86. The van der Waals surface area contributed by atoms with Crippen LogP contribution in [0.15, 0.2) is 17.5 Å². The number of nitrogens with zero attached hydrogens (tertiary/aromatic N) is 1. The van der Waals surface area contributed by atoms with E-state index >= 15 is 0 Å². The average molecular weight is 267 g/mol. The minimum atomic E-state index is -0.564. The lowest BCUT2D eigenvalue weighted by molar-refractivity contribution is -0.130. The van der Waals surface area contributed by atoms with Gasteiger partial charge < -0.3 is 5.73 Å². The lowest BCUT2D eigenvalue weighted by Gasteiger charge is -2.39. The normalized spacial score (nSPS) is 26.8. The Bertz CT molecular complexity index is 383. The number of carbonyl (C=O) groups is 1. The topological polar surface area (TPSA) is 58.4 Å². The van der Waals surface area contributed by atoms with Gasteiger partial charge in [-0.05, 0) is 38.1 Å². The van der Waals surface area contributed by atoms with Gasteiger partial charge in [0.15, 0.2) is 0 Å². The first-order valence-electron chi connectivity index (χ1n) is 6.47. The monoisotopic (exact) mass is 267 g/mol. The zero-order chi connectivity index (χ0) is 13.1.